The van der Waals surface area contributed by atoms with E-state index >= 15 is 0 Å². The van der Waals surface area contributed by atoms with E-state index in [9.17, 15) is 4.79 Å². The molecular formula is C24H23N5O2. The zero-order valence-electron chi connectivity index (χ0n) is 17.4. The quantitative estimate of drug-likeness (QED) is 0.498. The summed E-state index contributed by atoms with van der Waals surface area (Å²) in [6.07, 6.45) is 4.33. The van der Waals surface area contributed by atoms with Crippen molar-refractivity contribution >= 4 is 5.91 Å². The summed E-state index contributed by atoms with van der Waals surface area (Å²) in [6.45, 7) is 2.52. The van der Waals surface area contributed by atoms with Gasteiger partial charge < -0.3 is 10.1 Å². The fraction of sp³-hybridized carbons (Fsp3) is 0.167. The number of amides is 1. The topological polar surface area (TPSA) is 81.9 Å². The number of methoxy groups -OCH3 is 1. The lowest BCUT2D eigenvalue weighted by Crippen LogP contribution is -2.24. The normalized spacial score (nSPS) is 10.6. The Morgan fingerprint density at radius 3 is 2.42 bits per heavy atom. The van der Waals surface area contributed by atoms with Crippen molar-refractivity contribution < 1.29 is 9.53 Å². The summed E-state index contributed by atoms with van der Waals surface area (Å²) >= 11 is 0. The van der Waals surface area contributed by atoms with Crippen LogP contribution >= 0.6 is 0 Å². The van der Waals surface area contributed by atoms with Gasteiger partial charge >= 0.3 is 0 Å². The van der Waals surface area contributed by atoms with Crippen molar-refractivity contribution in [3.8, 4) is 22.7 Å². The monoisotopic (exact) mass is 413 g/mol. The van der Waals surface area contributed by atoms with Crippen LogP contribution in [0.5, 0.6) is 5.75 Å². The Kier molecular flexibility index (Phi) is 6.03. The second-order valence-electron chi connectivity index (χ2n) is 6.96. The molecule has 1 amide bonds. The summed E-state index contributed by atoms with van der Waals surface area (Å²) in [5.74, 6) is 0.332. The summed E-state index contributed by atoms with van der Waals surface area (Å²) < 4.78 is 7.11. The molecule has 0 aliphatic rings. The predicted molar refractivity (Wildman–Crippen MR) is 118 cm³/mol. The second kappa shape index (κ2) is 9.21. The molecule has 0 saturated carbocycles. The molecule has 2 aromatic heterocycles. The summed E-state index contributed by atoms with van der Waals surface area (Å²) in [7, 11) is 1.60. The number of nitrogens with zero attached hydrogens (tertiary/aromatic N) is 4. The van der Waals surface area contributed by atoms with Crippen LogP contribution in [0, 0.1) is 0 Å². The average molecular weight is 413 g/mol. The molecule has 4 rings (SSSR count). The average Bonchev–Trinajstić information content (AvgIpc) is 3.28. The number of nitrogens with one attached hydrogen (secondary N) is 1. The van der Waals surface area contributed by atoms with Gasteiger partial charge in [-0.15, -0.1) is 5.10 Å². The summed E-state index contributed by atoms with van der Waals surface area (Å²) in [5.41, 5.74) is 4.57. The van der Waals surface area contributed by atoms with Crippen molar-refractivity contribution in [1.29, 1.82) is 0 Å². The number of rotatable bonds is 7. The van der Waals surface area contributed by atoms with Crippen molar-refractivity contribution in [2.45, 2.75) is 19.9 Å². The van der Waals surface area contributed by atoms with E-state index in [1.807, 2.05) is 48.5 Å². The number of ether oxygens (including phenoxy) is 1. The highest BCUT2D eigenvalue weighted by atomic mass is 16.5. The highest BCUT2D eigenvalue weighted by Crippen LogP contribution is 2.29. The molecule has 7 heteroatoms. The van der Waals surface area contributed by atoms with Crippen molar-refractivity contribution in [1.82, 2.24) is 25.3 Å². The van der Waals surface area contributed by atoms with Crippen molar-refractivity contribution in [2.24, 2.45) is 0 Å². The van der Waals surface area contributed by atoms with Crippen LogP contribution in [0.2, 0.25) is 0 Å². The first-order valence-electron chi connectivity index (χ1n) is 10.1. The Bertz CT molecular complexity index is 1170. The van der Waals surface area contributed by atoms with Crippen LogP contribution in [0.15, 0.2) is 73.1 Å². The fourth-order valence-corrected chi connectivity index (χ4v) is 3.34. The van der Waals surface area contributed by atoms with E-state index < -0.39 is 0 Å². The summed E-state index contributed by atoms with van der Waals surface area (Å²) in [6, 6.07) is 19.3. The summed E-state index contributed by atoms with van der Waals surface area (Å²) in [5, 5.41) is 11.4. The van der Waals surface area contributed by atoms with Crippen LogP contribution in [0.1, 0.15) is 28.5 Å². The van der Waals surface area contributed by atoms with E-state index in [0.717, 1.165) is 17.5 Å². The van der Waals surface area contributed by atoms with Gasteiger partial charge in [0.25, 0.3) is 5.91 Å². The number of pyridine rings is 1. The van der Waals surface area contributed by atoms with Crippen molar-refractivity contribution in [2.75, 3.05) is 7.11 Å². The molecule has 7 nitrogen and oxygen atoms in total. The number of aromatic nitrogens is 4. The second-order valence-corrected chi connectivity index (χ2v) is 6.96. The number of para-hydroxylation sites is 2. The Balaban J connectivity index is 1.68. The van der Waals surface area contributed by atoms with Crippen LogP contribution in [-0.4, -0.2) is 33.0 Å². The molecule has 1 N–H and O–H groups in total. The van der Waals surface area contributed by atoms with Gasteiger partial charge in [-0.1, -0.05) is 48.5 Å². The van der Waals surface area contributed by atoms with E-state index in [1.165, 1.54) is 5.56 Å². The van der Waals surface area contributed by atoms with Crippen LogP contribution in [-0.2, 0) is 13.0 Å². The van der Waals surface area contributed by atoms with Gasteiger partial charge in [0, 0.05) is 24.5 Å². The van der Waals surface area contributed by atoms with Crippen LogP contribution in [0.25, 0.3) is 16.9 Å². The highest BCUT2D eigenvalue weighted by molar-refractivity contribution is 5.98. The van der Waals surface area contributed by atoms with E-state index in [2.05, 4.69) is 39.7 Å². The zero-order valence-corrected chi connectivity index (χ0v) is 17.4. The third kappa shape index (κ3) is 4.30. The van der Waals surface area contributed by atoms with E-state index in [-0.39, 0.29) is 11.6 Å². The molecule has 156 valence electrons. The minimum Gasteiger partial charge on any atom is -0.494 e. The van der Waals surface area contributed by atoms with Crippen molar-refractivity contribution in [3.63, 3.8) is 0 Å². The van der Waals surface area contributed by atoms with E-state index in [1.54, 1.807) is 24.2 Å². The molecule has 31 heavy (non-hydrogen) atoms. The number of carbonyl (C=O) groups is 1. The molecular weight excluding hydrogens is 390 g/mol. The molecule has 4 aromatic rings. The minimum absolute atomic E-state index is 0.238. The number of carbonyl (C=O) groups excluding carboxylic acids is 1. The number of benzene rings is 2. The van der Waals surface area contributed by atoms with Crippen LogP contribution in [0.3, 0.4) is 0 Å². The molecule has 0 fully saturated rings. The van der Waals surface area contributed by atoms with Gasteiger partial charge in [-0.05, 0) is 41.8 Å². The molecule has 2 heterocycles. The third-order valence-corrected chi connectivity index (χ3v) is 5.04. The first-order valence-corrected chi connectivity index (χ1v) is 10.1. The molecule has 2 aromatic carbocycles. The van der Waals surface area contributed by atoms with E-state index in [4.69, 9.17) is 4.74 Å². The molecule has 0 spiro atoms. The van der Waals surface area contributed by atoms with Crippen LogP contribution < -0.4 is 10.1 Å². The molecule has 0 aliphatic carbocycles. The fourth-order valence-electron chi connectivity index (χ4n) is 3.34. The number of aryl methyl sites for hydroxylation is 1. The smallest absolute Gasteiger partial charge is 0.274 e. The third-order valence-electron chi connectivity index (χ3n) is 5.04. The van der Waals surface area contributed by atoms with Gasteiger partial charge in [0.15, 0.2) is 5.69 Å². The SMILES string of the molecule is CCc1ccc(CNC(=O)c2nnn(-c3ccccc3OC)c2-c2ccncc2)cc1. The highest BCUT2D eigenvalue weighted by Gasteiger charge is 2.23. The predicted octanol–water partition coefficient (Wildman–Crippen LogP) is 3.83. The number of hydrogen-bond acceptors (Lipinski definition) is 5. The Morgan fingerprint density at radius 1 is 1.00 bits per heavy atom. The molecule has 0 saturated heterocycles. The maximum absolute atomic E-state index is 13.1. The van der Waals surface area contributed by atoms with Gasteiger partial charge in [0.2, 0.25) is 0 Å². The van der Waals surface area contributed by atoms with Crippen molar-refractivity contribution in [3.05, 3.63) is 89.9 Å². The number of hydrogen-bond donors (Lipinski definition) is 1. The molecule has 0 bridgehead atoms. The first-order chi connectivity index (χ1) is 15.2. The van der Waals surface area contributed by atoms with Gasteiger partial charge in [-0.2, -0.15) is 0 Å². The molecule has 0 atom stereocenters. The van der Waals surface area contributed by atoms with Gasteiger partial charge in [0.1, 0.15) is 17.1 Å². The molecule has 0 aliphatic heterocycles. The first kappa shape index (κ1) is 20.3. The molecule has 0 radical (unpaired) electrons. The lowest BCUT2D eigenvalue weighted by Gasteiger charge is -2.12. The maximum Gasteiger partial charge on any atom is 0.274 e. The lowest BCUT2D eigenvalue weighted by molar-refractivity contribution is 0.0946. The lowest BCUT2D eigenvalue weighted by atomic mass is 10.1. The minimum atomic E-state index is -0.299. The maximum atomic E-state index is 13.1. The van der Waals surface area contributed by atoms with Gasteiger partial charge in [0.05, 0.1) is 7.11 Å². The Hall–Kier alpha value is -4.00. The van der Waals surface area contributed by atoms with Gasteiger partial charge in [-0.25, -0.2) is 4.68 Å². The van der Waals surface area contributed by atoms with Gasteiger partial charge in [-0.3, -0.25) is 9.78 Å². The van der Waals surface area contributed by atoms with E-state index in [0.29, 0.717) is 23.7 Å². The largest absolute Gasteiger partial charge is 0.494 e. The summed E-state index contributed by atoms with van der Waals surface area (Å²) in [4.78, 5) is 17.1. The standard InChI is InChI=1S/C24H23N5O2/c1-3-17-8-10-18(11-9-17)16-26-24(30)22-23(19-12-14-25-15-13-19)29(28-27-22)20-6-4-5-7-21(20)31-2/h4-15H,3,16H2,1-2H3,(H,26,30). The Morgan fingerprint density at radius 2 is 1.71 bits per heavy atom. The molecule has 0 unspecified atom stereocenters. The Labute approximate surface area is 180 Å². The zero-order chi connectivity index (χ0) is 21.6. The van der Waals surface area contributed by atoms with Crippen LogP contribution in [0.4, 0.5) is 0 Å².